The van der Waals surface area contributed by atoms with Crippen molar-refractivity contribution >= 4 is 5.91 Å². The molecule has 0 bridgehead atoms. The molecular weight excluding hydrogens is 192 g/mol. The van der Waals surface area contributed by atoms with Crippen LogP contribution in [0, 0.1) is 0 Å². The zero-order valence-corrected chi connectivity index (χ0v) is 8.62. The van der Waals surface area contributed by atoms with E-state index < -0.39 is 0 Å². The van der Waals surface area contributed by atoms with Crippen LogP contribution in [-0.4, -0.2) is 16.9 Å². The Kier molecular flexibility index (Phi) is 3.85. The number of carbonyl (C=O) groups excluding carboxylic acids is 1. The van der Waals surface area contributed by atoms with E-state index in [2.05, 4.69) is 16.9 Å². The lowest BCUT2D eigenvalue weighted by molar-refractivity contribution is 0.0940. The SMILES string of the molecule is C=CCC(C)NC(=O)c1cc[nH]c(=O)c1. The van der Waals surface area contributed by atoms with Crippen LogP contribution in [0.1, 0.15) is 23.7 Å². The first kappa shape index (κ1) is 11.2. The van der Waals surface area contributed by atoms with E-state index in [1.54, 1.807) is 12.1 Å². The number of aromatic nitrogens is 1. The van der Waals surface area contributed by atoms with Gasteiger partial charge in [-0.25, -0.2) is 0 Å². The highest BCUT2D eigenvalue weighted by atomic mass is 16.2. The zero-order valence-electron chi connectivity index (χ0n) is 8.62. The Morgan fingerprint density at radius 1 is 1.73 bits per heavy atom. The number of amides is 1. The molecule has 0 spiro atoms. The summed E-state index contributed by atoms with van der Waals surface area (Å²) in [7, 11) is 0. The van der Waals surface area contributed by atoms with Crippen LogP contribution in [-0.2, 0) is 0 Å². The number of hydrogen-bond acceptors (Lipinski definition) is 2. The lowest BCUT2D eigenvalue weighted by atomic mass is 10.2. The van der Waals surface area contributed by atoms with Gasteiger partial charge in [-0.15, -0.1) is 6.58 Å². The Bertz CT molecular complexity index is 409. The summed E-state index contributed by atoms with van der Waals surface area (Å²) >= 11 is 0. The van der Waals surface area contributed by atoms with Crippen molar-refractivity contribution in [2.75, 3.05) is 0 Å². The van der Waals surface area contributed by atoms with E-state index in [0.29, 0.717) is 12.0 Å². The third kappa shape index (κ3) is 3.42. The van der Waals surface area contributed by atoms with Crippen molar-refractivity contribution in [1.82, 2.24) is 10.3 Å². The van der Waals surface area contributed by atoms with E-state index in [1.807, 2.05) is 6.92 Å². The Morgan fingerprint density at radius 3 is 3.07 bits per heavy atom. The second-order valence-electron chi connectivity index (χ2n) is 3.34. The molecule has 1 aromatic rings. The van der Waals surface area contributed by atoms with Crippen LogP contribution in [0.2, 0.25) is 0 Å². The molecule has 1 heterocycles. The molecule has 0 fully saturated rings. The molecule has 1 atom stereocenters. The highest BCUT2D eigenvalue weighted by molar-refractivity contribution is 5.94. The van der Waals surface area contributed by atoms with Gasteiger partial charge in [0.05, 0.1) is 0 Å². The number of aromatic amines is 1. The maximum atomic E-state index is 11.6. The molecule has 1 aromatic heterocycles. The molecule has 4 heteroatoms. The molecule has 15 heavy (non-hydrogen) atoms. The first-order valence-electron chi connectivity index (χ1n) is 4.74. The van der Waals surface area contributed by atoms with Gasteiger partial charge in [0.2, 0.25) is 5.56 Å². The zero-order chi connectivity index (χ0) is 11.3. The van der Waals surface area contributed by atoms with Gasteiger partial charge >= 0.3 is 0 Å². The van der Waals surface area contributed by atoms with Gasteiger partial charge in [-0.3, -0.25) is 9.59 Å². The van der Waals surface area contributed by atoms with Gasteiger partial charge in [0.1, 0.15) is 0 Å². The quantitative estimate of drug-likeness (QED) is 0.724. The number of pyridine rings is 1. The second kappa shape index (κ2) is 5.14. The molecule has 0 aliphatic heterocycles. The standard InChI is InChI=1S/C11H14N2O2/c1-3-4-8(2)13-11(15)9-5-6-12-10(14)7-9/h3,5-8H,1,4H2,2H3,(H,12,14)(H,13,15). The summed E-state index contributed by atoms with van der Waals surface area (Å²) in [6.07, 6.45) is 3.90. The highest BCUT2D eigenvalue weighted by Crippen LogP contribution is 1.96. The first-order chi connectivity index (χ1) is 7.13. The Morgan fingerprint density at radius 2 is 2.47 bits per heavy atom. The Labute approximate surface area is 88.0 Å². The fraction of sp³-hybridized carbons (Fsp3) is 0.273. The molecule has 1 unspecified atom stereocenters. The second-order valence-corrected chi connectivity index (χ2v) is 3.34. The third-order valence-corrected chi connectivity index (χ3v) is 1.93. The van der Waals surface area contributed by atoms with Crippen LogP contribution >= 0.6 is 0 Å². The lowest BCUT2D eigenvalue weighted by Gasteiger charge is -2.11. The third-order valence-electron chi connectivity index (χ3n) is 1.93. The summed E-state index contributed by atoms with van der Waals surface area (Å²) in [4.78, 5) is 25.0. The van der Waals surface area contributed by atoms with Crippen molar-refractivity contribution in [3.05, 3.63) is 46.9 Å². The molecule has 0 saturated carbocycles. The topological polar surface area (TPSA) is 62.0 Å². The molecule has 0 saturated heterocycles. The summed E-state index contributed by atoms with van der Waals surface area (Å²) in [6, 6.07) is 2.86. The summed E-state index contributed by atoms with van der Waals surface area (Å²) in [5.41, 5.74) is 0.0914. The number of rotatable bonds is 4. The Hall–Kier alpha value is -1.84. The fourth-order valence-corrected chi connectivity index (χ4v) is 1.20. The molecule has 4 nitrogen and oxygen atoms in total. The van der Waals surface area contributed by atoms with Crippen LogP contribution in [0.15, 0.2) is 35.8 Å². The van der Waals surface area contributed by atoms with Crippen LogP contribution in [0.4, 0.5) is 0 Å². The normalized spacial score (nSPS) is 11.8. The van der Waals surface area contributed by atoms with Crippen LogP contribution < -0.4 is 10.9 Å². The predicted molar refractivity (Wildman–Crippen MR) is 58.8 cm³/mol. The molecule has 0 aliphatic carbocycles. The van der Waals surface area contributed by atoms with Crippen molar-refractivity contribution in [2.24, 2.45) is 0 Å². The molecule has 1 rings (SSSR count). The van der Waals surface area contributed by atoms with Crippen molar-refractivity contribution < 1.29 is 4.79 Å². The predicted octanol–water partition coefficient (Wildman–Crippen LogP) is 1.07. The smallest absolute Gasteiger partial charge is 0.251 e. The molecule has 80 valence electrons. The fourth-order valence-electron chi connectivity index (χ4n) is 1.20. The first-order valence-corrected chi connectivity index (χ1v) is 4.74. The minimum atomic E-state index is -0.279. The van der Waals surface area contributed by atoms with Crippen molar-refractivity contribution in [1.29, 1.82) is 0 Å². The number of nitrogens with one attached hydrogen (secondary N) is 2. The maximum absolute atomic E-state index is 11.6. The van der Waals surface area contributed by atoms with E-state index in [1.165, 1.54) is 12.3 Å². The van der Waals surface area contributed by atoms with Crippen LogP contribution in [0.3, 0.4) is 0 Å². The maximum Gasteiger partial charge on any atom is 0.251 e. The minimum absolute atomic E-state index is 0.0225. The van der Waals surface area contributed by atoms with Gasteiger partial charge in [-0.2, -0.15) is 0 Å². The van der Waals surface area contributed by atoms with E-state index in [9.17, 15) is 9.59 Å². The summed E-state index contributed by atoms with van der Waals surface area (Å²) in [5.74, 6) is -0.240. The Balaban J connectivity index is 2.69. The van der Waals surface area contributed by atoms with Gasteiger partial charge in [-0.05, 0) is 19.4 Å². The van der Waals surface area contributed by atoms with E-state index in [4.69, 9.17) is 0 Å². The average Bonchev–Trinajstić information content (AvgIpc) is 2.18. The van der Waals surface area contributed by atoms with Gasteiger partial charge in [0.25, 0.3) is 5.91 Å². The summed E-state index contributed by atoms with van der Waals surface area (Å²) < 4.78 is 0. The van der Waals surface area contributed by atoms with E-state index in [0.717, 1.165) is 0 Å². The van der Waals surface area contributed by atoms with Crippen LogP contribution in [0.25, 0.3) is 0 Å². The van der Waals surface area contributed by atoms with Gasteiger partial charge < -0.3 is 10.3 Å². The summed E-state index contributed by atoms with van der Waals surface area (Å²) in [5, 5.41) is 2.76. The number of carbonyl (C=O) groups is 1. The largest absolute Gasteiger partial charge is 0.349 e. The van der Waals surface area contributed by atoms with Gasteiger partial charge in [0, 0.05) is 23.9 Å². The number of hydrogen-bond donors (Lipinski definition) is 2. The molecule has 0 radical (unpaired) electrons. The van der Waals surface area contributed by atoms with Gasteiger partial charge in [-0.1, -0.05) is 6.08 Å². The molecule has 0 aromatic carbocycles. The van der Waals surface area contributed by atoms with Crippen molar-refractivity contribution in [3.63, 3.8) is 0 Å². The van der Waals surface area contributed by atoms with Gasteiger partial charge in [0.15, 0.2) is 0 Å². The minimum Gasteiger partial charge on any atom is -0.349 e. The average molecular weight is 206 g/mol. The highest BCUT2D eigenvalue weighted by Gasteiger charge is 2.08. The van der Waals surface area contributed by atoms with E-state index >= 15 is 0 Å². The molecular formula is C11H14N2O2. The van der Waals surface area contributed by atoms with Crippen LogP contribution in [0.5, 0.6) is 0 Å². The number of H-pyrrole nitrogens is 1. The van der Waals surface area contributed by atoms with E-state index in [-0.39, 0.29) is 17.5 Å². The molecule has 1 amide bonds. The monoisotopic (exact) mass is 206 g/mol. The molecule has 2 N–H and O–H groups in total. The summed E-state index contributed by atoms with van der Waals surface area (Å²) in [6.45, 7) is 5.47. The molecule has 0 aliphatic rings. The lowest BCUT2D eigenvalue weighted by Crippen LogP contribution is -2.32. The van der Waals surface area contributed by atoms with Crippen molar-refractivity contribution in [2.45, 2.75) is 19.4 Å². The van der Waals surface area contributed by atoms with Crippen molar-refractivity contribution in [3.8, 4) is 0 Å².